The van der Waals surface area contributed by atoms with Crippen LogP contribution in [0.4, 0.5) is 0 Å². The molecule has 0 saturated heterocycles. The fourth-order valence-corrected chi connectivity index (χ4v) is 3.39. The number of fused-ring (bicyclic) bond motifs is 2. The van der Waals surface area contributed by atoms with Crippen molar-refractivity contribution in [2.24, 2.45) is 0 Å². The summed E-state index contributed by atoms with van der Waals surface area (Å²) in [6.45, 7) is 1.82. The van der Waals surface area contributed by atoms with Crippen molar-refractivity contribution < 1.29 is 4.74 Å². The maximum Gasteiger partial charge on any atom is 0.274 e. The minimum atomic E-state index is -0.582. The molecular formula is C20H13ClN4O3. The highest BCUT2D eigenvalue weighted by Crippen LogP contribution is 2.27. The first-order valence-electron chi connectivity index (χ1n) is 8.28. The number of nitriles is 1. The Hall–Kier alpha value is -3.63. The van der Waals surface area contributed by atoms with Gasteiger partial charge in [-0.25, -0.2) is 4.98 Å². The Bertz CT molecular complexity index is 1430. The molecule has 0 fully saturated rings. The van der Waals surface area contributed by atoms with Crippen molar-refractivity contribution in [3.8, 4) is 17.5 Å². The summed E-state index contributed by atoms with van der Waals surface area (Å²) in [4.78, 5) is 30.5. The predicted molar refractivity (Wildman–Crippen MR) is 106 cm³/mol. The monoisotopic (exact) mass is 392 g/mol. The Kier molecular flexibility index (Phi) is 4.13. The highest BCUT2D eigenvalue weighted by Gasteiger charge is 2.17. The van der Waals surface area contributed by atoms with Crippen LogP contribution in [0.15, 0.2) is 52.2 Å². The molecule has 4 rings (SSSR count). The Balaban J connectivity index is 2.23. The summed E-state index contributed by atoms with van der Waals surface area (Å²) < 4.78 is 7.78. The van der Waals surface area contributed by atoms with Gasteiger partial charge in [0.25, 0.3) is 11.1 Å². The predicted octanol–water partition coefficient (Wildman–Crippen LogP) is 2.84. The third-order valence-electron chi connectivity index (χ3n) is 4.51. The van der Waals surface area contributed by atoms with Crippen molar-refractivity contribution in [3.63, 3.8) is 0 Å². The van der Waals surface area contributed by atoms with E-state index in [1.54, 1.807) is 24.4 Å². The number of rotatable bonds is 2. The van der Waals surface area contributed by atoms with Crippen LogP contribution in [0, 0.1) is 18.3 Å². The van der Waals surface area contributed by atoms with Crippen LogP contribution in [-0.2, 0) is 0 Å². The van der Waals surface area contributed by atoms with E-state index in [4.69, 9.17) is 16.3 Å². The topological polar surface area (TPSA) is 89.4 Å². The van der Waals surface area contributed by atoms with Crippen molar-refractivity contribution >= 4 is 28.3 Å². The van der Waals surface area contributed by atoms with E-state index in [1.807, 2.05) is 19.1 Å². The van der Waals surface area contributed by atoms with Gasteiger partial charge in [-0.1, -0.05) is 17.7 Å². The van der Waals surface area contributed by atoms with Gasteiger partial charge >= 0.3 is 0 Å². The quantitative estimate of drug-likeness (QED) is 0.489. The van der Waals surface area contributed by atoms with Gasteiger partial charge in [0.05, 0.1) is 23.2 Å². The number of benzene rings is 1. The third kappa shape index (κ3) is 2.54. The number of halogens is 1. The van der Waals surface area contributed by atoms with Crippen LogP contribution in [0.3, 0.4) is 0 Å². The number of pyridine rings is 2. The second kappa shape index (κ2) is 6.51. The molecule has 0 bridgehead atoms. The van der Waals surface area contributed by atoms with Crippen molar-refractivity contribution in [2.75, 3.05) is 7.11 Å². The summed E-state index contributed by atoms with van der Waals surface area (Å²) >= 11 is 6.22. The van der Waals surface area contributed by atoms with Gasteiger partial charge in [-0.2, -0.15) is 5.26 Å². The Morgan fingerprint density at radius 1 is 1.14 bits per heavy atom. The minimum Gasteiger partial charge on any atom is -0.495 e. The summed E-state index contributed by atoms with van der Waals surface area (Å²) in [5, 5.41) is 9.84. The number of aryl methyl sites for hydroxylation is 1. The molecule has 3 aromatic heterocycles. The standard InChI is InChI=1S/C20H13ClN4O3/c1-11-4-3-7-24-17(11)23-18-14(20(24)27)8-12(10-22)19(26)25(18)13-5-6-16(28-2)15(21)9-13/h3-9H,1-2H3. The zero-order chi connectivity index (χ0) is 20.0. The fourth-order valence-electron chi connectivity index (χ4n) is 3.13. The van der Waals surface area contributed by atoms with E-state index in [9.17, 15) is 14.9 Å². The molecule has 0 N–H and O–H groups in total. The summed E-state index contributed by atoms with van der Waals surface area (Å²) in [5.74, 6) is 0.438. The summed E-state index contributed by atoms with van der Waals surface area (Å²) in [7, 11) is 1.48. The van der Waals surface area contributed by atoms with E-state index < -0.39 is 5.56 Å². The van der Waals surface area contributed by atoms with Crippen molar-refractivity contribution in [1.29, 1.82) is 5.26 Å². The van der Waals surface area contributed by atoms with Gasteiger partial charge in [-0.05, 0) is 42.8 Å². The molecule has 8 heteroatoms. The molecule has 0 atom stereocenters. The average molecular weight is 393 g/mol. The first kappa shape index (κ1) is 17.8. The zero-order valence-corrected chi connectivity index (χ0v) is 15.7. The van der Waals surface area contributed by atoms with Crippen molar-refractivity contribution in [1.82, 2.24) is 14.0 Å². The van der Waals surface area contributed by atoms with E-state index in [-0.39, 0.29) is 27.2 Å². The number of nitrogens with zero attached hydrogens (tertiary/aromatic N) is 4. The smallest absolute Gasteiger partial charge is 0.274 e. The van der Waals surface area contributed by atoms with E-state index in [0.717, 1.165) is 5.56 Å². The van der Waals surface area contributed by atoms with Gasteiger partial charge in [0.1, 0.15) is 23.0 Å². The second-order valence-corrected chi connectivity index (χ2v) is 6.58. The van der Waals surface area contributed by atoms with Crippen LogP contribution in [-0.4, -0.2) is 21.1 Å². The summed E-state index contributed by atoms with van der Waals surface area (Å²) in [6.07, 6.45) is 1.60. The lowest BCUT2D eigenvalue weighted by Crippen LogP contribution is -2.26. The molecule has 0 aliphatic carbocycles. The first-order valence-corrected chi connectivity index (χ1v) is 8.66. The zero-order valence-electron chi connectivity index (χ0n) is 14.9. The SMILES string of the molecule is COc1ccc(-n2c(=O)c(C#N)cc3c(=O)n4cccc(C)c4nc32)cc1Cl. The molecule has 28 heavy (non-hydrogen) atoms. The molecule has 3 heterocycles. The van der Waals surface area contributed by atoms with Crippen LogP contribution in [0.2, 0.25) is 5.02 Å². The van der Waals surface area contributed by atoms with Crippen LogP contribution in [0.5, 0.6) is 5.75 Å². The van der Waals surface area contributed by atoms with E-state index in [1.165, 1.54) is 28.2 Å². The molecule has 0 aliphatic rings. The van der Waals surface area contributed by atoms with Gasteiger partial charge in [0.2, 0.25) is 0 Å². The fraction of sp³-hybridized carbons (Fsp3) is 0.100. The molecule has 1 aromatic carbocycles. The van der Waals surface area contributed by atoms with E-state index in [0.29, 0.717) is 17.1 Å². The maximum absolute atomic E-state index is 13.0. The molecule has 138 valence electrons. The van der Waals surface area contributed by atoms with Crippen molar-refractivity contribution in [2.45, 2.75) is 6.92 Å². The van der Waals surface area contributed by atoms with Crippen LogP contribution < -0.4 is 15.9 Å². The summed E-state index contributed by atoms with van der Waals surface area (Å²) in [5.41, 5.74) is 0.628. The Labute approximate surface area is 163 Å². The molecule has 0 aliphatic heterocycles. The highest BCUT2D eigenvalue weighted by molar-refractivity contribution is 6.32. The molecule has 0 amide bonds. The third-order valence-corrected chi connectivity index (χ3v) is 4.81. The number of hydrogen-bond acceptors (Lipinski definition) is 5. The molecule has 0 saturated carbocycles. The van der Waals surface area contributed by atoms with Crippen LogP contribution in [0.25, 0.3) is 22.4 Å². The van der Waals surface area contributed by atoms with Crippen LogP contribution in [0.1, 0.15) is 11.1 Å². The molecule has 0 radical (unpaired) electrons. The molecule has 0 unspecified atom stereocenters. The number of methoxy groups -OCH3 is 1. The Morgan fingerprint density at radius 3 is 2.61 bits per heavy atom. The molecule has 0 spiro atoms. The number of hydrogen-bond donors (Lipinski definition) is 0. The maximum atomic E-state index is 13.0. The van der Waals surface area contributed by atoms with Gasteiger partial charge in [0, 0.05) is 6.20 Å². The highest BCUT2D eigenvalue weighted by atomic mass is 35.5. The van der Waals surface area contributed by atoms with Gasteiger partial charge in [-0.15, -0.1) is 0 Å². The minimum absolute atomic E-state index is 0.157. The number of ether oxygens (including phenoxy) is 1. The van der Waals surface area contributed by atoms with Crippen molar-refractivity contribution in [3.05, 3.63) is 79.5 Å². The first-order chi connectivity index (χ1) is 13.5. The molecular weight excluding hydrogens is 380 g/mol. The lowest BCUT2D eigenvalue weighted by Gasteiger charge is -2.13. The van der Waals surface area contributed by atoms with Gasteiger partial charge in [-0.3, -0.25) is 18.6 Å². The van der Waals surface area contributed by atoms with Gasteiger partial charge in [0.15, 0.2) is 5.65 Å². The normalized spacial score (nSPS) is 10.9. The van der Waals surface area contributed by atoms with E-state index >= 15 is 0 Å². The lowest BCUT2D eigenvalue weighted by molar-refractivity contribution is 0.415. The summed E-state index contributed by atoms with van der Waals surface area (Å²) in [6, 6.07) is 11.5. The van der Waals surface area contributed by atoms with E-state index in [2.05, 4.69) is 4.98 Å². The average Bonchev–Trinajstić information content (AvgIpc) is 2.69. The Morgan fingerprint density at radius 2 is 1.93 bits per heavy atom. The molecule has 7 nitrogen and oxygen atoms in total. The van der Waals surface area contributed by atoms with Gasteiger partial charge < -0.3 is 4.74 Å². The second-order valence-electron chi connectivity index (χ2n) is 6.17. The largest absolute Gasteiger partial charge is 0.495 e. The molecule has 4 aromatic rings. The van der Waals surface area contributed by atoms with Crippen LogP contribution >= 0.6 is 11.6 Å². The number of aromatic nitrogens is 3. The lowest BCUT2D eigenvalue weighted by atomic mass is 10.2.